The Morgan fingerprint density at radius 2 is 1.95 bits per heavy atom. The summed E-state index contributed by atoms with van der Waals surface area (Å²) in [6, 6.07) is 7.81. The van der Waals surface area contributed by atoms with E-state index in [1.54, 1.807) is 0 Å². The van der Waals surface area contributed by atoms with Crippen LogP contribution in [0, 0.1) is 6.92 Å². The summed E-state index contributed by atoms with van der Waals surface area (Å²) in [7, 11) is 0. The molecule has 0 bridgehead atoms. The second-order valence-electron chi connectivity index (χ2n) is 4.42. The second kappa shape index (κ2) is 5.61. The van der Waals surface area contributed by atoms with E-state index < -0.39 is 0 Å². The Kier molecular flexibility index (Phi) is 3.66. The Morgan fingerprint density at radius 3 is 2.71 bits per heavy atom. The number of rotatable bonds is 3. The Hall–Kier alpha value is -2.28. The zero-order chi connectivity index (χ0) is 14.8. The predicted molar refractivity (Wildman–Crippen MR) is 81.1 cm³/mol. The van der Waals surface area contributed by atoms with Gasteiger partial charge in [0.25, 0.3) is 5.89 Å². The van der Waals surface area contributed by atoms with E-state index in [-0.39, 0.29) is 11.7 Å². The molecular formula is C14H11BrN5O. The van der Waals surface area contributed by atoms with Crippen LogP contribution in [0.3, 0.4) is 0 Å². The van der Waals surface area contributed by atoms with E-state index in [4.69, 9.17) is 10.2 Å². The highest BCUT2D eigenvalue weighted by molar-refractivity contribution is 9.10. The van der Waals surface area contributed by atoms with Crippen LogP contribution in [0.4, 0.5) is 5.82 Å². The summed E-state index contributed by atoms with van der Waals surface area (Å²) in [6.07, 6.45) is 2.05. The number of anilines is 1. The van der Waals surface area contributed by atoms with E-state index in [1.165, 1.54) is 6.20 Å². The summed E-state index contributed by atoms with van der Waals surface area (Å²) in [5.74, 6) is 0.989. The van der Waals surface area contributed by atoms with Crippen molar-refractivity contribution in [1.29, 1.82) is 0 Å². The molecule has 0 amide bonds. The van der Waals surface area contributed by atoms with E-state index >= 15 is 0 Å². The maximum atomic E-state index is 5.77. The van der Waals surface area contributed by atoms with Crippen LogP contribution in [0.25, 0.3) is 11.6 Å². The second-order valence-corrected chi connectivity index (χ2v) is 5.23. The molecule has 7 heteroatoms. The first kappa shape index (κ1) is 13.7. The number of nitrogens with zero attached hydrogens (tertiary/aromatic N) is 4. The van der Waals surface area contributed by atoms with Crippen LogP contribution >= 0.6 is 15.9 Å². The van der Waals surface area contributed by atoms with Crippen molar-refractivity contribution < 1.29 is 4.42 Å². The van der Waals surface area contributed by atoms with Crippen LogP contribution in [0.5, 0.6) is 0 Å². The van der Waals surface area contributed by atoms with Gasteiger partial charge in [0.05, 0.1) is 12.6 Å². The lowest BCUT2D eigenvalue weighted by Crippen LogP contribution is -1.97. The summed E-state index contributed by atoms with van der Waals surface area (Å²) < 4.78 is 6.15. The molecule has 3 rings (SSSR count). The first-order valence-electron chi connectivity index (χ1n) is 6.13. The Labute approximate surface area is 129 Å². The lowest BCUT2D eigenvalue weighted by molar-refractivity contribution is 0.516. The lowest BCUT2D eigenvalue weighted by atomic mass is 10.1. The van der Waals surface area contributed by atoms with E-state index in [1.807, 2.05) is 24.3 Å². The van der Waals surface area contributed by atoms with E-state index in [2.05, 4.69) is 43.0 Å². The number of hydrogen-bond donors (Lipinski definition) is 1. The molecule has 1 aromatic carbocycles. The zero-order valence-corrected chi connectivity index (χ0v) is 12.5. The van der Waals surface area contributed by atoms with Crippen molar-refractivity contribution in [3.8, 4) is 11.6 Å². The average Bonchev–Trinajstić information content (AvgIpc) is 2.92. The molecule has 2 aromatic heterocycles. The fraction of sp³-hybridized carbons (Fsp3) is 0.0714. The molecule has 0 aliphatic carbocycles. The minimum atomic E-state index is 0.245. The molecule has 0 atom stereocenters. The predicted octanol–water partition coefficient (Wildman–Crippen LogP) is 2.64. The van der Waals surface area contributed by atoms with Gasteiger partial charge in [0.1, 0.15) is 4.60 Å². The molecule has 2 heterocycles. The summed E-state index contributed by atoms with van der Waals surface area (Å²) in [4.78, 5) is 8.19. The summed E-state index contributed by atoms with van der Waals surface area (Å²) in [5, 5.41) is 7.98. The lowest BCUT2D eigenvalue weighted by Gasteiger charge is -1.99. The summed E-state index contributed by atoms with van der Waals surface area (Å²) in [6.45, 7) is 3.85. The van der Waals surface area contributed by atoms with Gasteiger partial charge in [-0.05, 0) is 34.0 Å². The Balaban J connectivity index is 1.86. The highest BCUT2D eigenvalue weighted by atomic mass is 79.9. The molecule has 105 valence electrons. The molecule has 0 aliphatic rings. The third-order valence-electron chi connectivity index (χ3n) is 2.82. The van der Waals surface area contributed by atoms with Crippen LogP contribution in [-0.2, 0) is 6.42 Å². The van der Waals surface area contributed by atoms with Gasteiger partial charge in [-0.2, -0.15) is 0 Å². The number of benzene rings is 1. The maximum absolute atomic E-state index is 5.77. The van der Waals surface area contributed by atoms with E-state index in [0.717, 1.165) is 11.1 Å². The number of hydrogen-bond acceptors (Lipinski definition) is 6. The number of nitrogen functional groups attached to an aromatic ring is 1. The highest BCUT2D eigenvalue weighted by Gasteiger charge is 2.14. The minimum absolute atomic E-state index is 0.245. The van der Waals surface area contributed by atoms with Crippen LogP contribution in [0.15, 0.2) is 39.5 Å². The van der Waals surface area contributed by atoms with E-state index in [9.17, 15) is 0 Å². The SMILES string of the molecule is [CH2]c1ccc(Cc2nnc(-c3nc(Br)cnc3N)o2)cc1. The van der Waals surface area contributed by atoms with Gasteiger partial charge < -0.3 is 10.2 Å². The molecule has 0 unspecified atom stereocenters. The van der Waals surface area contributed by atoms with Crippen LogP contribution in [-0.4, -0.2) is 20.2 Å². The van der Waals surface area contributed by atoms with Crippen LogP contribution in [0.2, 0.25) is 0 Å². The van der Waals surface area contributed by atoms with Gasteiger partial charge in [0.2, 0.25) is 5.89 Å². The molecule has 2 N–H and O–H groups in total. The molecular weight excluding hydrogens is 334 g/mol. The topological polar surface area (TPSA) is 90.7 Å². The summed E-state index contributed by atoms with van der Waals surface area (Å²) in [5.41, 5.74) is 8.16. The van der Waals surface area contributed by atoms with Crippen molar-refractivity contribution in [2.45, 2.75) is 6.42 Å². The van der Waals surface area contributed by atoms with Crippen molar-refractivity contribution in [2.75, 3.05) is 5.73 Å². The molecule has 3 aromatic rings. The largest absolute Gasteiger partial charge is 0.419 e. The van der Waals surface area contributed by atoms with Gasteiger partial charge >= 0.3 is 0 Å². The molecule has 0 saturated heterocycles. The van der Waals surface area contributed by atoms with Gasteiger partial charge in [-0.15, -0.1) is 10.2 Å². The quantitative estimate of drug-likeness (QED) is 0.785. The monoisotopic (exact) mass is 344 g/mol. The fourth-order valence-electron chi connectivity index (χ4n) is 1.79. The minimum Gasteiger partial charge on any atom is -0.419 e. The Morgan fingerprint density at radius 1 is 1.19 bits per heavy atom. The molecule has 0 fully saturated rings. The summed E-state index contributed by atoms with van der Waals surface area (Å²) >= 11 is 3.24. The molecule has 21 heavy (non-hydrogen) atoms. The molecule has 0 aliphatic heterocycles. The van der Waals surface area contributed by atoms with Gasteiger partial charge in [-0.25, -0.2) is 9.97 Å². The van der Waals surface area contributed by atoms with Gasteiger partial charge in [0, 0.05) is 0 Å². The van der Waals surface area contributed by atoms with Crippen molar-refractivity contribution in [3.05, 3.63) is 59.0 Å². The fourth-order valence-corrected chi connectivity index (χ4v) is 2.07. The first-order valence-corrected chi connectivity index (χ1v) is 6.93. The van der Waals surface area contributed by atoms with Crippen molar-refractivity contribution in [2.24, 2.45) is 0 Å². The molecule has 1 radical (unpaired) electrons. The van der Waals surface area contributed by atoms with Gasteiger partial charge in [-0.1, -0.05) is 24.3 Å². The van der Waals surface area contributed by atoms with Crippen molar-refractivity contribution in [3.63, 3.8) is 0 Å². The zero-order valence-electron chi connectivity index (χ0n) is 11.0. The standard InChI is InChI=1S/C14H11BrN5O/c1-8-2-4-9(5-3-8)6-11-19-20-14(21-11)12-13(16)17-7-10(15)18-12/h2-5,7H,1,6H2,(H2,16,17). The maximum Gasteiger partial charge on any atom is 0.270 e. The number of nitrogens with two attached hydrogens (primary N) is 1. The molecule has 0 saturated carbocycles. The van der Waals surface area contributed by atoms with E-state index in [0.29, 0.717) is 22.6 Å². The number of halogens is 1. The Bertz CT molecular complexity index is 769. The van der Waals surface area contributed by atoms with Crippen LogP contribution in [0.1, 0.15) is 17.0 Å². The van der Waals surface area contributed by atoms with Gasteiger partial charge in [0.15, 0.2) is 11.5 Å². The highest BCUT2D eigenvalue weighted by Crippen LogP contribution is 2.23. The van der Waals surface area contributed by atoms with Crippen molar-refractivity contribution in [1.82, 2.24) is 20.2 Å². The number of aromatic nitrogens is 4. The smallest absolute Gasteiger partial charge is 0.270 e. The third-order valence-corrected chi connectivity index (χ3v) is 3.20. The first-order chi connectivity index (χ1) is 10.1. The van der Waals surface area contributed by atoms with Gasteiger partial charge in [-0.3, -0.25) is 0 Å². The normalized spacial score (nSPS) is 10.8. The van der Waals surface area contributed by atoms with Crippen LogP contribution < -0.4 is 5.73 Å². The molecule has 6 nitrogen and oxygen atoms in total. The van der Waals surface area contributed by atoms with Crippen molar-refractivity contribution >= 4 is 21.7 Å². The third kappa shape index (κ3) is 3.08. The molecule has 0 spiro atoms. The average molecular weight is 345 g/mol.